The highest BCUT2D eigenvalue weighted by molar-refractivity contribution is 7.85. The molecule has 0 aromatic carbocycles. The number of rotatable bonds is 6. The molecule has 2 unspecified atom stereocenters. The normalized spacial score (nSPS) is 16.3. The van der Waals surface area contributed by atoms with Gasteiger partial charge < -0.3 is 10.5 Å². The fourth-order valence-corrected chi connectivity index (χ4v) is 1.61. The molecular weight excluding hydrogens is 162 g/mol. The maximum absolute atomic E-state index is 11.2. The van der Waals surface area contributed by atoms with Crippen LogP contribution in [0.25, 0.3) is 0 Å². The van der Waals surface area contributed by atoms with Crippen LogP contribution in [0.1, 0.15) is 20.3 Å². The largest absolute Gasteiger partial charge is 0.368 e. The van der Waals surface area contributed by atoms with E-state index in [0.29, 0.717) is 19.1 Å². The first kappa shape index (κ1) is 11.1. The minimum Gasteiger partial charge on any atom is -0.368 e. The quantitative estimate of drug-likeness (QED) is 0.644. The molecule has 0 aliphatic heterocycles. The van der Waals surface area contributed by atoms with Crippen molar-refractivity contribution in [1.82, 2.24) is 0 Å². The number of hydrogen-bond donors (Lipinski definition) is 1. The first-order valence-corrected chi connectivity index (χ1v) is 5.25. The number of hydrogen-bond acceptors (Lipinski definition) is 3. The lowest BCUT2D eigenvalue weighted by Crippen LogP contribution is -2.19. The molecule has 0 radical (unpaired) electrons. The molecule has 0 saturated heterocycles. The molecular formula is C7H17NO2S. The van der Waals surface area contributed by atoms with Crippen LogP contribution in [0.5, 0.6) is 0 Å². The summed E-state index contributed by atoms with van der Waals surface area (Å²) in [5.41, 5.74) is 5.32. The van der Waals surface area contributed by atoms with Gasteiger partial charge in [-0.2, -0.15) is 0 Å². The SMILES string of the molecule is CCOCS(=O)C(C)CCN. The van der Waals surface area contributed by atoms with Gasteiger partial charge in [0.25, 0.3) is 0 Å². The van der Waals surface area contributed by atoms with Crippen LogP contribution in [-0.2, 0) is 15.5 Å². The minimum atomic E-state index is -0.867. The summed E-state index contributed by atoms with van der Waals surface area (Å²) in [6.07, 6.45) is 0.805. The Bertz CT molecular complexity index is 119. The summed E-state index contributed by atoms with van der Waals surface area (Å²) in [4.78, 5) is 0. The standard InChI is InChI=1S/C7H17NO2S/c1-3-10-6-11(9)7(2)4-5-8/h7H,3-6,8H2,1-2H3. The van der Waals surface area contributed by atoms with E-state index in [-0.39, 0.29) is 5.25 Å². The van der Waals surface area contributed by atoms with Gasteiger partial charge in [0.15, 0.2) is 0 Å². The molecule has 0 spiro atoms. The summed E-state index contributed by atoms with van der Waals surface area (Å²) >= 11 is 0. The Morgan fingerprint density at radius 2 is 2.27 bits per heavy atom. The molecule has 0 aliphatic rings. The molecule has 0 bridgehead atoms. The molecule has 0 heterocycles. The van der Waals surface area contributed by atoms with E-state index in [1.54, 1.807) is 0 Å². The topological polar surface area (TPSA) is 52.3 Å². The van der Waals surface area contributed by atoms with Gasteiger partial charge in [0.1, 0.15) is 5.94 Å². The zero-order valence-corrected chi connectivity index (χ0v) is 8.02. The van der Waals surface area contributed by atoms with E-state index in [0.717, 1.165) is 6.42 Å². The summed E-state index contributed by atoms with van der Waals surface area (Å²) in [6.45, 7) is 5.05. The van der Waals surface area contributed by atoms with Gasteiger partial charge in [-0.05, 0) is 19.9 Å². The Kier molecular flexibility index (Phi) is 6.80. The average molecular weight is 179 g/mol. The van der Waals surface area contributed by atoms with Gasteiger partial charge in [0, 0.05) is 11.9 Å². The summed E-state index contributed by atoms with van der Waals surface area (Å²) < 4.78 is 16.2. The fourth-order valence-electron chi connectivity index (χ4n) is 0.648. The number of ether oxygens (including phenoxy) is 1. The highest BCUT2D eigenvalue weighted by Crippen LogP contribution is 2.00. The van der Waals surface area contributed by atoms with Crippen molar-refractivity contribution >= 4 is 10.8 Å². The Labute approximate surface area is 70.8 Å². The van der Waals surface area contributed by atoms with Crippen molar-refractivity contribution in [3.63, 3.8) is 0 Å². The zero-order valence-electron chi connectivity index (χ0n) is 7.21. The maximum Gasteiger partial charge on any atom is 0.122 e. The Hall–Kier alpha value is 0.0700. The molecule has 2 N–H and O–H groups in total. The van der Waals surface area contributed by atoms with Crippen molar-refractivity contribution in [2.75, 3.05) is 19.1 Å². The van der Waals surface area contributed by atoms with Gasteiger partial charge in [-0.3, -0.25) is 4.21 Å². The monoisotopic (exact) mass is 179 g/mol. The molecule has 68 valence electrons. The summed E-state index contributed by atoms with van der Waals surface area (Å²) in [5, 5.41) is 0.159. The van der Waals surface area contributed by atoms with Crippen LogP contribution in [0.3, 0.4) is 0 Å². The average Bonchev–Trinajstić information content (AvgIpc) is 2.00. The van der Waals surface area contributed by atoms with Crippen molar-refractivity contribution in [1.29, 1.82) is 0 Å². The highest BCUT2D eigenvalue weighted by Gasteiger charge is 2.08. The van der Waals surface area contributed by atoms with Crippen LogP contribution >= 0.6 is 0 Å². The van der Waals surface area contributed by atoms with Gasteiger partial charge in [-0.15, -0.1) is 0 Å². The van der Waals surface area contributed by atoms with E-state index in [1.165, 1.54) is 0 Å². The van der Waals surface area contributed by atoms with Crippen LogP contribution in [0.4, 0.5) is 0 Å². The maximum atomic E-state index is 11.2. The molecule has 0 amide bonds. The van der Waals surface area contributed by atoms with Gasteiger partial charge in [-0.25, -0.2) is 0 Å². The molecule has 0 saturated carbocycles. The number of nitrogens with two attached hydrogens (primary N) is 1. The molecule has 3 nitrogen and oxygen atoms in total. The second-order valence-electron chi connectivity index (χ2n) is 2.38. The Balaban J connectivity index is 3.47. The summed E-state index contributed by atoms with van der Waals surface area (Å²) in [7, 11) is -0.867. The first-order valence-electron chi connectivity index (χ1n) is 3.87. The van der Waals surface area contributed by atoms with E-state index in [1.807, 2.05) is 13.8 Å². The first-order chi connectivity index (χ1) is 5.22. The third kappa shape index (κ3) is 5.35. The predicted octanol–water partition coefficient (Wildman–Crippen LogP) is 0.466. The van der Waals surface area contributed by atoms with Gasteiger partial charge in [-0.1, -0.05) is 6.92 Å². The van der Waals surface area contributed by atoms with Crippen molar-refractivity contribution in [2.45, 2.75) is 25.5 Å². The van der Waals surface area contributed by atoms with Crippen LogP contribution in [0.2, 0.25) is 0 Å². The molecule has 0 fully saturated rings. The van der Waals surface area contributed by atoms with Crippen molar-refractivity contribution in [3.05, 3.63) is 0 Å². The van der Waals surface area contributed by atoms with E-state index in [2.05, 4.69) is 0 Å². The lowest BCUT2D eigenvalue weighted by Gasteiger charge is -2.08. The Morgan fingerprint density at radius 3 is 2.73 bits per heavy atom. The highest BCUT2D eigenvalue weighted by atomic mass is 32.2. The van der Waals surface area contributed by atoms with E-state index in [9.17, 15) is 4.21 Å². The third-order valence-electron chi connectivity index (χ3n) is 1.43. The van der Waals surface area contributed by atoms with Crippen LogP contribution in [-0.4, -0.2) is 28.5 Å². The minimum absolute atomic E-state index is 0.159. The second kappa shape index (κ2) is 6.76. The molecule has 11 heavy (non-hydrogen) atoms. The predicted molar refractivity (Wildman–Crippen MR) is 47.8 cm³/mol. The molecule has 0 aliphatic carbocycles. The smallest absolute Gasteiger partial charge is 0.122 e. The van der Waals surface area contributed by atoms with Crippen molar-refractivity contribution in [3.8, 4) is 0 Å². The van der Waals surface area contributed by atoms with Gasteiger partial charge in [0.05, 0.1) is 10.8 Å². The fraction of sp³-hybridized carbons (Fsp3) is 1.00. The second-order valence-corrected chi connectivity index (χ2v) is 4.18. The zero-order chi connectivity index (χ0) is 8.69. The molecule has 2 atom stereocenters. The van der Waals surface area contributed by atoms with E-state index in [4.69, 9.17) is 10.5 Å². The molecule has 4 heteroatoms. The van der Waals surface area contributed by atoms with Crippen LogP contribution < -0.4 is 5.73 Å². The van der Waals surface area contributed by atoms with Crippen molar-refractivity contribution < 1.29 is 8.95 Å². The van der Waals surface area contributed by atoms with Gasteiger partial charge >= 0.3 is 0 Å². The van der Waals surface area contributed by atoms with E-state index >= 15 is 0 Å². The lowest BCUT2D eigenvalue weighted by atomic mass is 10.3. The summed E-state index contributed by atoms with van der Waals surface area (Å²) in [5.74, 6) is 0.345. The lowest BCUT2D eigenvalue weighted by molar-refractivity contribution is 0.195. The molecule has 0 aromatic rings. The Morgan fingerprint density at radius 1 is 1.64 bits per heavy atom. The van der Waals surface area contributed by atoms with Crippen LogP contribution in [0.15, 0.2) is 0 Å². The van der Waals surface area contributed by atoms with Crippen LogP contribution in [0, 0.1) is 0 Å². The third-order valence-corrected chi connectivity index (χ3v) is 2.96. The van der Waals surface area contributed by atoms with Gasteiger partial charge in [0.2, 0.25) is 0 Å². The summed E-state index contributed by atoms with van der Waals surface area (Å²) in [6, 6.07) is 0. The van der Waals surface area contributed by atoms with Crippen molar-refractivity contribution in [2.24, 2.45) is 5.73 Å². The van der Waals surface area contributed by atoms with E-state index < -0.39 is 10.8 Å². The molecule has 0 rings (SSSR count). The molecule has 0 aromatic heterocycles.